The van der Waals surface area contributed by atoms with Crippen LogP contribution in [0.5, 0.6) is 0 Å². The first-order valence-electron chi connectivity index (χ1n) is 10.1. The second-order valence-corrected chi connectivity index (χ2v) is 7.55. The molecule has 1 unspecified atom stereocenters. The van der Waals surface area contributed by atoms with E-state index in [4.69, 9.17) is 14.9 Å². The van der Waals surface area contributed by atoms with Gasteiger partial charge in [0.1, 0.15) is 12.6 Å². The lowest BCUT2D eigenvalue weighted by Gasteiger charge is -2.17. The average Bonchev–Trinajstić information content (AvgIpc) is 3.08. The molecule has 8 heteroatoms. The SMILES string of the molecule is CC(CCC(=O)N[C@@H](CO)C(=O)O)NC(=O)OCC1c2ccccc2-c2ccccc21. The Morgan fingerprint density at radius 3 is 2.13 bits per heavy atom. The fraction of sp³-hybridized carbons (Fsp3) is 0.348. The first-order valence-corrected chi connectivity index (χ1v) is 10.1. The minimum Gasteiger partial charge on any atom is -0.480 e. The molecule has 31 heavy (non-hydrogen) atoms. The van der Waals surface area contributed by atoms with Crippen molar-refractivity contribution in [2.75, 3.05) is 13.2 Å². The van der Waals surface area contributed by atoms with E-state index in [-0.39, 0.29) is 25.0 Å². The molecule has 164 valence electrons. The minimum absolute atomic E-state index is 0.00853. The molecule has 8 nitrogen and oxygen atoms in total. The number of fused-ring (bicyclic) bond motifs is 3. The van der Waals surface area contributed by atoms with Gasteiger partial charge in [0.25, 0.3) is 0 Å². The topological polar surface area (TPSA) is 125 Å². The highest BCUT2D eigenvalue weighted by Gasteiger charge is 2.29. The lowest BCUT2D eigenvalue weighted by molar-refractivity contribution is -0.142. The molecule has 2 amide bonds. The summed E-state index contributed by atoms with van der Waals surface area (Å²) in [6.45, 7) is 1.24. The highest BCUT2D eigenvalue weighted by Crippen LogP contribution is 2.44. The third-order valence-electron chi connectivity index (χ3n) is 5.33. The van der Waals surface area contributed by atoms with Crippen LogP contribution in [0.2, 0.25) is 0 Å². The second-order valence-electron chi connectivity index (χ2n) is 7.55. The fourth-order valence-corrected chi connectivity index (χ4v) is 3.71. The average molecular weight is 426 g/mol. The molecule has 0 aliphatic heterocycles. The number of carboxylic acid groups (broad SMARTS) is 1. The highest BCUT2D eigenvalue weighted by molar-refractivity contribution is 5.83. The first-order chi connectivity index (χ1) is 14.9. The van der Waals surface area contributed by atoms with Crippen molar-refractivity contribution in [1.29, 1.82) is 0 Å². The molecule has 0 heterocycles. The number of carboxylic acids is 1. The number of nitrogens with one attached hydrogen (secondary N) is 2. The molecule has 0 spiro atoms. The van der Waals surface area contributed by atoms with E-state index in [1.807, 2.05) is 36.4 Å². The van der Waals surface area contributed by atoms with Gasteiger partial charge < -0.3 is 25.6 Å². The standard InChI is InChI=1S/C23H26N2O6/c1-14(10-11-21(27)25-20(12-26)22(28)29)24-23(30)31-13-19-17-8-4-2-6-15(17)16-7-3-5-9-18(16)19/h2-9,14,19-20,26H,10-13H2,1H3,(H,24,30)(H,25,27)(H,28,29)/t14?,20-/m0/s1. The van der Waals surface area contributed by atoms with Crippen molar-refractivity contribution in [2.45, 2.75) is 37.8 Å². The predicted molar refractivity (Wildman–Crippen MR) is 114 cm³/mol. The smallest absolute Gasteiger partial charge is 0.407 e. The van der Waals surface area contributed by atoms with Crippen molar-refractivity contribution in [3.05, 3.63) is 59.7 Å². The Hall–Kier alpha value is -3.39. The maximum Gasteiger partial charge on any atom is 0.407 e. The van der Waals surface area contributed by atoms with Crippen LogP contribution in [-0.2, 0) is 14.3 Å². The normalized spacial score (nSPS) is 14.1. The van der Waals surface area contributed by atoms with Gasteiger partial charge in [-0.05, 0) is 35.6 Å². The van der Waals surface area contributed by atoms with E-state index in [1.165, 1.54) is 0 Å². The van der Waals surface area contributed by atoms with Gasteiger partial charge in [-0.3, -0.25) is 4.79 Å². The van der Waals surface area contributed by atoms with Crippen LogP contribution >= 0.6 is 0 Å². The third-order valence-corrected chi connectivity index (χ3v) is 5.33. The van der Waals surface area contributed by atoms with Crippen molar-refractivity contribution in [3.63, 3.8) is 0 Å². The van der Waals surface area contributed by atoms with E-state index >= 15 is 0 Å². The molecule has 4 N–H and O–H groups in total. The van der Waals surface area contributed by atoms with Gasteiger partial charge in [-0.15, -0.1) is 0 Å². The van der Waals surface area contributed by atoms with Gasteiger partial charge in [-0.1, -0.05) is 48.5 Å². The number of aliphatic hydroxyl groups excluding tert-OH is 1. The summed E-state index contributed by atoms with van der Waals surface area (Å²) in [5, 5.41) is 22.7. The maximum atomic E-state index is 12.2. The molecule has 2 aromatic carbocycles. The Bertz CT molecular complexity index is 915. The molecule has 2 aromatic rings. The van der Waals surface area contributed by atoms with Crippen LogP contribution < -0.4 is 10.6 Å². The zero-order valence-electron chi connectivity index (χ0n) is 17.2. The quantitative estimate of drug-likeness (QED) is 0.487. The zero-order valence-corrected chi connectivity index (χ0v) is 17.2. The Morgan fingerprint density at radius 1 is 1.00 bits per heavy atom. The summed E-state index contributed by atoms with van der Waals surface area (Å²) >= 11 is 0. The van der Waals surface area contributed by atoms with Crippen molar-refractivity contribution >= 4 is 18.0 Å². The largest absolute Gasteiger partial charge is 0.480 e. The van der Waals surface area contributed by atoms with Crippen LogP contribution in [0.25, 0.3) is 11.1 Å². The van der Waals surface area contributed by atoms with E-state index in [1.54, 1.807) is 6.92 Å². The van der Waals surface area contributed by atoms with Gasteiger partial charge in [0.15, 0.2) is 0 Å². The predicted octanol–water partition coefficient (Wildman–Crippen LogP) is 2.26. The van der Waals surface area contributed by atoms with Crippen molar-refractivity contribution in [2.24, 2.45) is 0 Å². The number of aliphatic carboxylic acids is 1. The van der Waals surface area contributed by atoms with Crippen LogP contribution in [0, 0.1) is 0 Å². The van der Waals surface area contributed by atoms with E-state index in [0.717, 1.165) is 22.3 Å². The molecule has 0 saturated carbocycles. The van der Waals surface area contributed by atoms with Gasteiger partial charge in [-0.2, -0.15) is 0 Å². The molecule has 0 radical (unpaired) electrons. The van der Waals surface area contributed by atoms with Gasteiger partial charge in [-0.25, -0.2) is 9.59 Å². The lowest BCUT2D eigenvalue weighted by Crippen LogP contribution is -2.43. The number of hydrogen-bond donors (Lipinski definition) is 4. The van der Waals surface area contributed by atoms with Crippen LogP contribution in [0.1, 0.15) is 36.8 Å². The zero-order chi connectivity index (χ0) is 22.4. The molecule has 0 bridgehead atoms. The van der Waals surface area contributed by atoms with Crippen molar-refractivity contribution in [3.8, 4) is 11.1 Å². The van der Waals surface area contributed by atoms with Crippen molar-refractivity contribution < 1.29 is 29.3 Å². The highest BCUT2D eigenvalue weighted by atomic mass is 16.5. The maximum absolute atomic E-state index is 12.2. The molecule has 3 rings (SSSR count). The number of amides is 2. The van der Waals surface area contributed by atoms with E-state index in [9.17, 15) is 14.4 Å². The van der Waals surface area contributed by atoms with E-state index in [2.05, 4.69) is 22.8 Å². The Labute approximate surface area is 180 Å². The van der Waals surface area contributed by atoms with Crippen LogP contribution in [-0.4, -0.2) is 53.5 Å². The third kappa shape index (κ3) is 5.40. The monoisotopic (exact) mass is 426 g/mol. The fourth-order valence-electron chi connectivity index (χ4n) is 3.71. The van der Waals surface area contributed by atoms with Crippen LogP contribution in [0.4, 0.5) is 4.79 Å². The number of carbonyl (C=O) groups excluding carboxylic acids is 2. The lowest BCUT2D eigenvalue weighted by atomic mass is 9.98. The summed E-state index contributed by atoms with van der Waals surface area (Å²) in [6.07, 6.45) is -0.267. The summed E-state index contributed by atoms with van der Waals surface area (Å²) in [6, 6.07) is 14.4. The number of carbonyl (C=O) groups is 3. The summed E-state index contributed by atoms with van der Waals surface area (Å²) < 4.78 is 5.47. The molecule has 1 aliphatic carbocycles. The van der Waals surface area contributed by atoms with E-state index < -0.39 is 30.6 Å². The Morgan fingerprint density at radius 2 is 1.58 bits per heavy atom. The Balaban J connectivity index is 1.48. The van der Waals surface area contributed by atoms with Gasteiger partial charge in [0.2, 0.25) is 5.91 Å². The molecule has 0 fully saturated rings. The number of ether oxygens (including phenoxy) is 1. The molecular formula is C23H26N2O6. The number of benzene rings is 2. The van der Waals surface area contributed by atoms with Gasteiger partial charge >= 0.3 is 12.1 Å². The second kappa shape index (κ2) is 10.1. The summed E-state index contributed by atoms with van der Waals surface area (Å²) in [5.41, 5.74) is 4.54. The van der Waals surface area contributed by atoms with Gasteiger partial charge in [0, 0.05) is 18.4 Å². The summed E-state index contributed by atoms with van der Waals surface area (Å²) in [7, 11) is 0. The number of hydrogen-bond acceptors (Lipinski definition) is 5. The molecule has 1 aliphatic rings. The van der Waals surface area contributed by atoms with E-state index in [0.29, 0.717) is 6.42 Å². The summed E-state index contributed by atoms with van der Waals surface area (Å²) in [4.78, 5) is 34.9. The molecular weight excluding hydrogens is 400 g/mol. The number of aliphatic hydroxyl groups is 1. The Kier molecular flexibility index (Phi) is 7.25. The minimum atomic E-state index is -1.34. The molecule has 0 saturated heterocycles. The van der Waals surface area contributed by atoms with Gasteiger partial charge in [0.05, 0.1) is 6.61 Å². The molecule has 2 atom stereocenters. The number of rotatable bonds is 9. The van der Waals surface area contributed by atoms with Crippen LogP contribution in [0.15, 0.2) is 48.5 Å². The number of alkyl carbamates (subject to hydrolysis) is 1. The first kappa shape index (κ1) is 22.3. The molecule has 0 aromatic heterocycles. The van der Waals surface area contributed by atoms with Crippen molar-refractivity contribution in [1.82, 2.24) is 10.6 Å². The summed E-state index contributed by atoms with van der Waals surface area (Å²) in [5.74, 6) is -1.85. The van der Waals surface area contributed by atoms with Crippen LogP contribution in [0.3, 0.4) is 0 Å².